The Kier molecular flexibility index (Phi) is 5.76. The van der Waals surface area contributed by atoms with Crippen molar-refractivity contribution in [2.24, 2.45) is 11.1 Å². The zero-order valence-corrected chi connectivity index (χ0v) is 15.3. The fraction of sp³-hybridized carbons (Fsp3) is 0.611. The van der Waals surface area contributed by atoms with E-state index in [1.807, 2.05) is 11.0 Å². The van der Waals surface area contributed by atoms with Crippen molar-refractivity contribution in [1.82, 2.24) is 9.21 Å². The minimum absolute atomic E-state index is 0.0775. The van der Waals surface area contributed by atoms with Gasteiger partial charge in [0.2, 0.25) is 5.91 Å². The standard InChI is InChI=1S/C18H27N3O3S/c19-25(23,24)21-13-9-17(10-14-21)18(22)20-11-4-7-16(8-12-20)15-5-2-1-3-6-15/h1-3,5-6,16-17H,4,7-14H2,(H2,19,23,24). The summed E-state index contributed by atoms with van der Waals surface area (Å²) in [5.74, 6) is 0.622. The summed E-state index contributed by atoms with van der Waals surface area (Å²) in [7, 11) is -3.64. The Morgan fingerprint density at radius 1 is 0.960 bits per heavy atom. The van der Waals surface area contributed by atoms with Crippen LogP contribution in [0.2, 0.25) is 0 Å². The summed E-state index contributed by atoms with van der Waals surface area (Å²) >= 11 is 0. The first-order chi connectivity index (χ1) is 11.9. The smallest absolute Gasteiger partial charge is 0.276 e. The van der Waals surface area contributed by atoms with Gasteiger partial charge in [-0.25, -0.2) is 5.14 Å². The van der Waals surface area contributed by atoms with Crippen molar-refractivity contribution in [2.75, 3.05) is 26.2 Å². The number of nitrogens with two attached hydrogens (primary N) is 1. The Morgan fingerprint density at radius 2 is 1.64 bits per heavy atom. The van der Waals surface area contributed by atoms with Crippen molar-refractivity contribution in [2.45, 2.75) is 38.0 Å². The van der Waals surface area contributed by atoms with E-state index in [-0.39, 0.29) is 11.8 Å². The molecule has 3 rings (SSSR count). The molecule has 2 heterocycles. The molecule has 2 saturated heterocycles. The van der Waals surface area contributed by atoms with E-state index in [1.54, 1.807) is 0 Å². The van der Waals surface area contributed by atoms with Gasteiger partial charge in [-0.05, 0) is 43.6 Å². The third-order valence-corrected chi connectivity index (χ3v) is 6.56. The van der Waals surface area contributed by atoms with E-state index >= 15 is 0 Å². The van der Waals surface area contributed by atoms with E-state index < -0.39 is 10.2 Å². The number of carbonyl (C=O) groups excluding carboxylic acids is 1. The zero-order chi connectivity index (χ0) is 17.9. The van der Waals surface area contributed by atoms with Crippen LogP contribution in [0, 0.1) is 5.92 Å². The quantitative estimate of drug-likeness (QED) is 0.885. The van der Waals surface area contributed by atoms with Crippen LogP contribution < -0.4 is 5.14 Å². The third-order valence-electron chi connectivity index (χ3n) is 5.47. The first-order valence-corrected chi connectivity index (χ1v) is 10.6. The SMILES string of the molecule is NS(=O)(=O)N1CCC(C(=O)N2CCCC(c3ccccc3)CC2)CC1. The lowest BCUT2D eigenvalue weighted by Crippen LogP contribution is -2.46. The number of likely N-dealkylation sites (tertiary alicyclic amines) is 1. The molecule has 0 bridgehead atoms. The monoisotopic (exact) mass is 365 g/mol. The highest BCUT2D eigenvalue weighted by atomic mass is 32.2. The molecule has 2 aliphatic rings. The molecular formula is C18H27N3O3S. The van der Waals surface area contributed by atoms with E-state index in [1.165, 1.54) is 9.87 Å². The highest BCUT2D eigenvalue weighted by Crippen LogP contribution is 2.29. The van der Waals surface area contributed by atoms with Gasteiger partial charge in [0.15, 0.2) is 0 Å². The molecule has 7 heteroatoms. The van der Waals surface area contributed by atoms with Gasteiger partial charge in [0.1, 0.15) is 0 Å². The Balaban J connectivity index is 1.55. The third kappa shape index (κ3) is 4.59. The zero-order valence-electron chi connectivity index (χ0n) is 14.5. The molecule has 1 unspecified atom stereocenters. The Bertz CT molecular complexity index is 685. The van der Waals surface area contributed by atoms with Crippen LogP contribution in [0.5, 0.6) is 0 Å². The van der Waals surface area contributed by atoms with Crippen LogP contribution in [-0.4, -0.2) is 49.7 Å². The first-order valence-electron chi connectivity index (χ1n) is 9.07. The summed E-state index contributed by atoms with van der Waals surface area (Å²) in [6, 6.07) is 10.5. The van der Waals surface area contributed by atoms with Gasteiger partial charge in [-0.3, -0.25) is 4.79 Å². The predicted molar refractivity (Wildman–Crippen MR) is 97.0 cm³/mol. The highest BCUT2D eigenvalue weighted by Gasteiger charge is 2.32. The van der Waals surface area contributed by atoms with Gasteiger partial charge in [0.05, 0.1) is 0 Å². The Morgan fingerprint density at radius 3 is 2.28 bits per heavy atom. The summed E-state index contributed by atoms with van der Waals surface area (Å²) in [6.07, 6.45) is 4.24. The molecule has 1 aromatic rings. The lowest BCUT2D eigenvalue weighted by Gasteiger charge is -2.32. The second-order valence-electron chi connectivity index (χ2n) is 7.08. The second kappa shape index (κ2) is 7.85. The second-order valence-corrected chi connectivity index (χ2v) is 8.63. The van der Waals surface area contributed by atoms with Crippen LogP contribution in [0.15, 0.2) is 30.3 Å². The molecule has 0 saturated carbocycles. The molecule has 0 aliphatic carbocycles. The lowest BCUT2D eigenvalue weighted by molar-refractivity contribution is -0.136. The lowest BCUT2D eigenvalue weighted by atomic mass is 9.92. The normalized spacial score (nSPS) is 24.0. The number of nitrogens with zero attached hydrogens (tertiary/aromatic N) is 2. The van der Waals surface area contributed by atoms with Gasteiger partial charge in [-0.2, -0.15) is 12.7 Å². The highest BCUT2D eigenvalue weighted by molar-refractivity contribution is 7.86. The molecule has 2 aliphatic heterocycles. The number of piperidine rings is 1. The number of benzene rings is 1. The minimum Gasteiger partial charge on any atom is -0.342 e. The van der Waals surface area contributed by atoms with Crippen LogP contribution in [0.25, 0.3) is 0 Å². The topological polar surface area (TPSA) is 83.7 Å². The molecule has 0 aromatic heterocycles. The van der Waals surface area contributed by atoms with Gasteiger partial charge in [0, 0.05) is 32.1 Å². The molecule has 138 valence electrons. The summed E-state index contributed by atoms with van der Waals surface area (Å²) in [4.78, 5) is 14.8. The van der Waals surface area contributed by atoms with Gasteiger partial charge in [0.25, 0.3) is 10.2 Å². The molecule has 0 radical (unpaired) electrons. The summed E-state index contributed by atoms with van der Waals surface area (Å²) < 4.78 is 24.0. The van der Waals surface area contributed by atoms with E-state index in [0.717, 1.165) is 32.4 Å². The van der Waals surface area contributed by atoms with Crippen molar-refractivity contribution in [3.05, 3.63) is 35.9 Å². The maximum Gasteiger partial charge on any atom is 0.276 e. The fourth-order valence-electron chi connectivity index (χ4n) is 3.99. The average Bonchev–Trinajstić information content (AvgIpc) is 2.87. The van der Waals surface area contributed by atoms with E-state index in [2.05, 4.69) is 24.3 Å². The first kappa shape index (κ1) is 18.4. The molecule has 2 N–H and O–H groups in total. The van der Waals surface area contributed by atoms with Gasteiger partial charge < -0.3 is 4.90 Å². The van der Waals surface area contributed by atoms with E-state index in [4.69, 9.17) is 5.14 Å². The summed E-state index contributed by atoms with van der Waals surface area (Å²) in [6.45, 7) is 2.27. The fourth-order valence-corrected chi connectivity index (χ4v) is 4.71. The largest absolute Gasteiger partial charge is 0.342 e. The number of amides is 1. The van der Waals surface area contributed by atoms with E-state index in [0.29, 0.717) is 31.8 Å². The number of carbonyl (C=O) groups is 1. The Labute approximate surface area is 150 Å². The van der Waals surface area contributed by atoms with Gasteiger partial charge in [-0.15, -0.1) is 0 Å². The van der Waals surface area contributed by atoms with Crippen molar-refractivity contribution in [3.8, 4) is 0 Å². The number of hydrogen-bond acceptors (Lipinski definition) is 3. The molecule has 1 aromatic carbocycles. The van der Waals surface area contributed by atoms with Crippen LogP contribution in [0.3, 0.4) is 0 Å². The molecule has 1 atom stereocenters. The van der Waals surface area contributed by atoms with Crippen LogP contribution in [0.4, 0.5) is 0 Å². The summed E-state index contributed by atoms with van der Waals surface area (Å²) in [5, 5.41) is 5.17. The predicted octanol–water partition coefficient (Wildman–Crippen LogP) is 1.70. The van der Waals surface area contributed by atoms with Crippen molar-refractivity contribution in [3.63, 3.8) is 0 Å². The molecule has 1 amide bonds. The van der Waals surface area contributed by atoms with Crippen molar-refractivity contribution >= 4 is 16.1 Å². The molecule has 0 spiro atoms. The number of rotatable bonds is 3. The molecule has 25 heavy (non-hydrogen) atoms. The van der Waals surface area contributed by atoms with Gasteiger partial charge in [-0.1, -0.05) is 30.3 Å². The minimum atomic E-state index is -3.64. The van der Waals surface area contributed by atoms with Gasteiger partial charge >= 0.3 is 0 Å². The molecule has 6 nitrogen and oxygen atoms in total. The number of hydrogen-bond donors (Lipinski definition) is 1. The Hall–Kier alpha value is -1.44. The van der Waals surface area contributed by atoms with Crippen molar-refractivity contribution in [1.29, 1.82) is 0 Å². The van der Waals surface area contributed by atoms with Crippen LogP contribution in [0.1, 0.15) is 43.6 Å². The average molecular weight is 365 g/mol. The maximum atomic E-state index is 12.8. The van der Waals surface area contributed by atoms with Crippen LogP contribution >= 0.6 is 0 Å². The van der Waals surface area contributed by atoms with Crippen molar-refractivity contribution < 1.29 is 13.2 Å². The van der Waals surface area contributed by atoms with Crippen LogP contribution in [-0.2, 0) is 15.0 Å². The maximum absolute atomic E-state index is 12.8. The summed E-state index contributed by atoms with van der Waals surface area (Å²) in [5.41, 5.74) is 1.36. The molecular weight excluding hydrogens is 338 g/mol. The molecule has 2 fully saturated rings. The van der Waals surface area contributed by atoms with E-state index in [9.17, 15) is 13.2 Å².